The SMILES string of the molecule is CNC1=C(C(C)C)CCC1. The van der Waals surface area contributed by atoms with Crippen molar-refractivity contribution in [1.82, 2.24) is 5.32 Å². The van der Waals surface area contributed by atoms with Crippen molar-refractivity contribution in [3.63, 3.8) is 0 Å². The van der Waals surface area contributed by atoms with E-state index in [9.17, 15) is 0 Å². The Hall–Kier alpha value is -0.460. The highest BCUT2D eigenvalue weighted by atomic mass is 14.8. The van der Waals surface area contributed by atoms with Crippen molar-refractivity contribution in [2.24, 2.45) is 5.92 Å². The quantitative estimate of drug-likeness (QED) is 0.619. The van der Waals surface area contributed by atoms with Crippen molar-refractivity contribution in [3.05, 3.63) is 11.3 Å². The Balaban J connectivity index is 2.68. The zero-order chi connectivity index (χ0) is 7.56. The summed E-state index contributed by atoms with van der Waals surface area (Å²) >= 11 is 0. The average molecular weight is 139 g/mol. The minimum atomic E-state index is 0.741. The molecular weight excluding hydrogens is 122 g/mol. The van der Waals surface area contributed by atoms with Gasteiger partial charge in [0.1, 0.15) is 0 Å². The Morgan fingerprint density at radius 2 is 2.00 bits per heavy atom. The molecule has 0 amide bonds. The van der Waals surface area contributed by atoms with E-state index in [1.54, 1.807) is 5.57 Å². The highest BCUT2D eigenvalue weighted by molar-refractivity contribution is 5.19. The van der Waals surface area contributed by atoms with Crippen LogP contribution < -0.4 is 5.32 Å². The molecule has 0 spiro atoms. The molecule has 0 heterocycles. The molecule has 0 aliphatic heterocycles. The molecule has 0 aromatic carbocycles. The lowest BCUT2D eigenvalue weighted by atomic mass is 10.0. The summed E-state index contributed by atoms with van der Waals surface area (Å²) in [5.41, 5.74) is 3.14. The first-order valence-corrected chi connectivity index (χ1v) is 4.15. The van der Waals surface area contributed by atoms with Gasteiger partial charge in [-0.05, 0) is 30.8 Å². The standard InChI is InChI=1S/C9H17N/c1-7(2)8-5-4-6-9(8)10-3/h7,10H,4-6H2,1-3H3. The van der Waals surface area contributed by atoms with Crippen LogP contribution >= 0.6 is 0 Å². The predicted molar refractivity (Wildman–Crippen MR) is 44.8 cm³/mol. The maximum atomic E-state index is 3.27. The summed E-state index contributed by atoms with van der Waals surface area (Å²) in [6, 6.07) is 0. The summed E-state index contributed by atoms with van der Waals surface area (Å²) in [5.74, 6) is 0.741. The van der Waals surface area contributed by atoms with Gasteiger partial charge < -0.3 is 5.32 Å². The van der Waals surface area contributed by atoms with E-state index in [1.165, 1.54) is 25.0 Å². The fraction of sp³-hybridized carbons (Fsp3) is 0.778. The van der Waals surface area contributed by atoms with Crippen LogP contribution in [-0.2, 0) is 0 Å². The second-order valence-electron chi connectivity index (χ2n) is 3.26. The Kier molecular flexibility index (Phi) is 2.36. The molecule has 58 valence electrons. The van der Waals surface area contributed by atoms with Crippen LogP contribution in [-0.4, -0.2) is 7.05 Å². The fourth-order valence-electron chi connectivity index (χ4n) is 1.69. The summed E-state index contributed by atoms with van der Waals surface area (Å²) in [4.78, 5) is 0. The van der Waals surface area contributed by atoms with E-state index in [-0.39, 0.29) is 0 Å². The van der Waals surface area contributed by atoms with E-state index in [0.717, 1.165) is 5.92 Å². The van der Waals surface area contributed by atoms with Gasteiger partial charge >= 0.3 is 0 Å². The van der Waals surface area contributed by atoms with E-state index in [1.807, 2.05) is 7.05 Å². The topological polar surface area (TPSA) is 12.0 Å². The van der Waals surface area contributed by atoms with Gasteiger partial charge in [0, 0.05) is 12.7 Å². The third-order valence-electron chi connectivity index (χ3n) is 2.26. The molecule has 0 saturated carbocycles. The molecule has 1 aliphatic carbocycles. The van der Waals surface area contributed by atoms with Crippen LogP contribution in [0.25, 0.3) is 0 Å². The van der Waals surface area contributed by atoms with Gasteiger partial charge in [-0.15, -0.1) is 0 Å². The number of hydrogen-bond acceptors (Lipinski definition) is 1. The fourth-order valence-corrected chi connectivity index (χ4v) is 1.69. The van der Waals surface area contributed by atoms with Crippen LogP contribution in [0.1, 0.15) is 33.1 Å². The molecule has 0 atom stereocenters. The van der Waals surface area contributed by atoms with Crippen LogP contribution in [0.5, 0.6) is 0 Å². The maximum absolute atomic E-state index is 3.27. The molecule has 1 N–H and O–H groups in total. The van der Waals surface area contributed by atoms with Gasteiger partial charge in [0.2, 0.25) is 0 Å². The van der Waals surface area contributed by atoms with Gasteiger partial charge in [-0.25, -0.2) is 0 Å². The Morgan fingerprint density at radius 3 is 2.40 bits per heavy atom. The van der Waals surface area contributed by atoms with E-state index in [2.05, 4.69) is 19.2 Å². The van der Waals surface area contributed by atoms with Crippen molar-refractivity contribution >= 4 is 0 Å². The summed E-state index contributed by atoms with van der Waals surface area (Å²) in [7, 11) is 2.03. The van der Waals surface area contributed by atoms with Crippen LogP contribution in [0, 0.1) is 5.92 Å². The predicted octanol–water partition coefficient (Wildman–Crippen LogP) is 2.30. The lowest BCUT2D eigenvalue weighted by molar-refractivity contribution is 0.720. The second kappa shape index (κ2) is 3.09. The van der Waals surface area contributed by atoms with E-state index < -0.39 is 0 Å². The summed E-state index contributed by atoms with van der Waals surface area (Å²) < 4.78 is 0. The van der Waals surface area contributed by atoms with Gasteiger partial charge in [0.05, 0.1) is 0 Å². The molecule has 1 heteroatoms. The molecule has 0 aromatic heterocycles. The number of hydrogen-bond donors (Lipinski definition) is 1. The average Bonchev–Trinajstić information content (AvgIpc) is 2.33. The van der Waals surface area contributed by atoms with Crippen molar-refractivity contribution < 1.29 is 0 Å². The lowest BCUT2D eigenvalue weighted by Gasteiger charge is -2.09. The van der Waals surface area contributed by atoms with E-state index >= 15 is 0 Å². The van der Waals surface area contributed by atoms with E-state index in [0.29, 0.717) is 0 Å². The zero-order valence-corrected chi connectivity index (χ0v) is 7.20. The first-order valence-electron chi connectivity index (χ1n) is 4.15. The minimum Gasteiger partial charge on any atom is -0.391 e. The summed E-state index contributed by atoms with van der Waals surface area (Å²) in [6.07, 6.45) is 3.93. The van der Waals surface area contributed by atoms with Gasteiger partial charge in [-0.3, -0.25) is 0 Å². The second-order valence-corrected chi connectivity index (χ2v) is 3.26. The van der Waals surface area contributed by atoms with Crippen molar-refractivity contribution in [2.45, 2.75) is 33.1 Å². The van der Waals surface area contributed by atoms with Gasteiger partial charge in [-0.2, -0.15) is 0 Å². The highest BCUT2D eigenvalue weighted by Gasteiger charge is 2.15. The molecule has 1 aliphatic rings. The van der Waals surface area contributed by atoms with Gasteiger partial charge in [0.25, 0.3) is 0 Å². The molecule has 0 unspecified atom stereocenters. The van der Waals surface area contributed by atoms with Gasteiger partial charge in [-0.1, -0.05) is 13.8 Å². The van der Waals surface area contributed by atoms with Crippen LogP contribution in [0.2, 0.25) is 0 Å². The molecule has 0 bridgehead atoms. The molecule has 10 heavy (non-hydrogen) atoms. The monoisotopic (exact) mass is 139 g/mol. The summed E-state index contributed by atoms with van der Waals surface area (Å²) in [5, 5.41) is 3.27. The minimum absolute atomic E-state index is 0.741. The van der Waals surface area contributed by atoms with Crippen LogP contribution in [0.15, 0.2) is 11.3 Å². The molecule has 0 fully saturated rings. The molecule has 0 radical (unpaired) electrons. The van der Waals surface area contributed by atoms with Crippen LogP contribution in [0.4, 0.5) is 0 Å². The Bertz CT molecular complexity index is 145. The molecule has 0 saturated heterocycles. The largest absolute Gasteiger partial charge is 0.391 e. The molecule has 1 nitrogen and oxygen atoms in total. The third-order valence-corrected chi connectivity index (χ3v) is 2.26. The summed E-state index contributed by atoms with van der Waals surface area (Å²) in [6.45, 7) is 4.55. The van der Waals surface area contributed by atoms with Crippen molar-refractivity contribution in [1.29, 1.82) is 0 Å². The number of allylic oxidation sites excluding steroid dienone is 2. The molecule has 1 rings (SSSR count). The van der Waals surface area contributed by atoms with E-state index in [4.69, 9.17) is 0 Å². The number of nitrogens with one attached hydrogen (secondary N) is 1. The van der Waals surface area contributed by atoms with Crippen molar-refractivity contribution in [3.8, 4) is 0 Å². The Labute approximate surface area is 63.5 Å². The third kappa shape index (κ3) is 1.34. The zero-order valence-electron chi connectivity index (χ0n) is 7.20. The first kappa shape index (κ1) is 7.64. The molecular formula is C9H17N. The van der Waals surface area contributed by atoms with Crippen LogP contribution in [0.3, 0.4) is 0 Å². The highest BCUT2D eigenvalue weighted by Crippen LogP contribution is 2.28. The first-order chi connectivity index (χ1) is 4.75. The van der Waals surface area contributed by atoms with Gasteiger partial charge in [0.15, 0.2) is 0 Å². The maximum Gasteiger partial charge on any atom is 0.00986 e. The smallest absolute Gasteiger partial charge is 0.00986 e. The number of rotatable bonds is 2. The normalized spacial score (nSPS) is 18.8. The van der Waals surface area contributed by atoms with Crippen molar-refractivity contribution in [2.75, 3.05) is 7.05 Å². The molecule has 0 aromatic rings. The Morgan fingerprint density at radius 1 is 1.30 bits per heavy atom. The lowest BCUT2D eigenvalue weighted by Crippen LogP contribution is -2.07.